The molecule has 1 aromatic carbocycles. The van der Waals surface area contributed by atoms with Gasteiger partial charge < -0.3 is 10.1 Å². The Morgan fingerprint density at radius 2 is 2.19 bits per heavy atom. The molecule has 1 saturated heterocycles. The number of benzene rings is 1. The summed E-state index contributed by atoms with van der Waals surface area (Å²) in [5.74, 6) is -1.06. The summed E-state index contributed by atoms with van der Waals surface area (Å²) >= 11 is 0. The van der Waals surface area contributed by atoms with Crippen molar-refractivity contribution in [2.75, 3.05) is 13.1 Å². The third-order valence-electron chi connectivity index (χ3n) is 4.56. The van der Waals surface area contributed by atoms with Gasteiger partial charge in [-0.2, -0.15) is 18.4 Å². The molecule has 1 aliphatic rings. The predicted molar refractivity (Wildman–Crippen MR) is 87.2 cm³/mol. The summed E-state index contributed by atoms with van der Waals surface area (Å²) in [6.45, 7) is 3.21. The average molecular weight is 363 g/mol. The molecule has 1 fully saturated rings. The minimum absolute atomic E-state index is 0.00573. The van der Waals surface area contributed by atoms with Crippen molar-refractivity contribution in [1.29, 1.82) is 5.26 Å². The molecule has 136 valence electrons. The van der Waals surface area contributed by atoms with Crippen molar-refractivity contribution in [3.05, 3.63) is 35.5 Å². The van der Waals surface area contributed by atoms with Crippen LogP contribution in [0, 0.1) is 23.2 Å². The first kappa shape index (κ1) is 18.1. The molecule has 8 heteroatoms. The summed E-state index contributed by atoms with van der Waals surface area (Å²) in [5, 5.41) is 12.4. The molecule has 3 rings (SSSR count). The summed E-state index contributed by atoms with van der Waals surface area (Å²) < 4.78 is 44.5. The Kier molecular flexibility index (Phi) is 4.83. The second-order valence-electron chi connectivity index (χ2n) is 6.34. The molecule has 0 spiro atoms. The van der Waals surface area contributed by atoms with Crippen LogP contribution in [0.4, 0.5) is 13.2 Å². The Balaban J connectivity index is 2.05. The summed E-state index contributed by atoms with van der Waals surface area (Å²) in [7, 11) is 0. The third kappa shape index (κ3) is 3.48. The number of rotatable bonds is 2. The number of aromatic nitrogens is 1. The van der Waals surface area contributed by atoms with Gasteiger partial charge in [-0.05, 0) is 43.6 Å². The molecule has 0 saturated carbocycles. The molecule has 0 bridgehead atoms. The van der Waals surface area contributed by atoms with E-state index in [2.05, 4.69) is 10.3 Å². The fraction of sp³-hybridized carbons (Fsp3) is 0.389. The normalized spacial score (nSPS) is 20.6. The van der Waals surface area contributed by atoms with Crippen LogP contribution in [0.3, 0.4) is 0 Å². The number of fused-ring (bicyclic) bond motifs is 1. The van der Waals surface area contributed by atoms with Gasteiger partial charge in [0, 0.05) is 11.6 Å². The first-order valence-electron chi connectivity index (χ1n) is 8.13. The molecule has 0 aliphatic carbocycles. The first-order chi connectivity index (χ1) is 12.3. The minimum Gasteiger partial charge on any atom is -0.424 e. The topological polar surface area (TPSA) is 75.0 Å². The van der Waals surface area contributed by atoms with E-state index < -0.39 is 17.7 Å². The van der Waals surface area contributed by atoms with Crippen molar-refractivity contribution < 1.29 is 22.7 Å². The van der Waals surface area contributed by atoms with Crippen molar-refractivity contribution in [3.8, 4) is 11.8 Å². The third-order valence-corrected chi connectivity index (χ3v) is 4.56. The van der Waals surface area contributed by atoms with E-state index in [1.54, 1.807) is 0 Å². The SMILES string of the molecule is CC1CNCCC1C(=O)Oc1c(C#N)cnc2ccc(C(F)(F)F)cc12. The molecule has 2 heterocycles. The highest BCUT2D eigenvalue weighted by Gasteiger charge is 2.33. The summed E-state index contributed by atoms with van der Waals surface area (Å²) in [6, 6.07) is 4.79. The lowest BCUT2D eigenvalue weighted by atomic mass is 9.88. The Morgan fingerprint density at radius 3 is 2.85 bits per heavy atom. The lowest BCUT2D eigenvalue weighted by Gasteiger charge is -2.27. The molecule has 1 aliphatic heterocycles. The van der Waals surface area contributed by atoms with Gasteiger partial charge in [0.1, 0.15) is 11.6 Å². The predicted octanol–water partition coefficient (Wildman–Crippen LogP) is 3.28. The van der Waals surface area contributed by atoms with Crippen LogP contribution in [0.2, 0.25) is 0 Å². The van der Waals surface area contributed by atoms with Gasteiger partial charge in [0.05, 0.1) is 17.0 Å². The van der Waals surface area contributed by atoms with Crippen molar-refractivity contribution in [1.82, 2.24) is 10.3 Å². The highest BCUT2D eigenvalue weighted by molar-refractivity contribution is 5.90. The number of pyridine rings is 1. The molecule has 2 atom stereocenters. The number of nitriles is 1. The van der Waals surface area contributed by atoms with Crippen molar-refractivity contribution in [2.24, 2.45) is 11.8 Å². The quantitative estimate of drug-likeness (QED) is 0.829. The lowest BCUT2D eigenvalue weighted by Crippen LogP contribution is -2.40. The number of carbonyl (C=O) groups is 1. The zero-order valence-electron chi connectivity index (χ0n) is 13.9. The number of carbonyl (C=O) groups excluding carboxylic acids is 1. The van der Waals surface area contributed by atoms with Gasteiger partial charge >= 0.3 is 12.1 Å². The number of ether oxygens (including phenoxy) is 1. The van der Waals surface area contributed by atoms with Crippen LogP contribution in [0.15, 0.2) is 24.4 Å². The Labute approximate surface area is 147 Å². The summed E-state index contributed by atoms with van der Waals surface area (Å²) in [6.07, 6.45) is -2.79. The number of esters is 1. The molecule has 2 aromatic rings. The number of alkyl halides is 3. The molecule has 5 nitrogen and oxygen atoms in total. The molecular formula is C18H16F3N3O2. The largest absolute Gasteiger partial charge is 0.424 e. The van der Waals surface area contributed by atoms with E-state index in [1.165, 1.54) is 12.3 Å². The molecule has 0 amide bonds. The highest BCUT2D eigenvalue weighted by atomic mass is 19.4. The van der Waals surface area contributed by atoms with Gasteiger partial charge in [-0.25, -0.2) is 0 Å². The van der Waals surface area contributed by atoms with Gasteiger partial charge in [-0.15, -0.1) is 0 Å². The number of piperidine rings is 1. The average Bonchev–Trinajstić information content (AvgIpc) is 2.61. The van der Waals surface area contributed by atoms with E-state index in [1.807, 2.05) is 13.0 Å². The zero-order chi connectivity index (χ0) is 18.9. The van der Waals surface area contributed by atoms with E-state index in [0.717, 1.165) is 12.1 Å². The van der Waals surface area contributed by atoms with Gasteiger partial charge in [-0.3, -0.25) is 9.78 Å². The van der Waals surface area contributed by atoms with Crippen LogP contribution in [0.25, 0.3) is 10.9 Å². The van der Waals surface area contributed by atoms with Crippen LogP contribution >= 0.6 is 0 Å². The standard InChI is InChI=1S/C18H16F3N3O2/c1-10-8-23-5-4-13(10)17(25)26-16-11(7-22)9-24-15-3-2-12(6-14(15)16)18(19,20)21/h2-3,6,9-10,13,23H,4-5,8H2,1H3. The smallest absolute Gasteiger partial charge is 0.416 e. The van der Waals surface area contributed by atoms with Crippen LogP contribution < -0.4 is 10.1 Å². The monoisotopic (exact) mass is 363 g/mol. The maximum Gasteiger partial charge on any atom is 0.416 e. The van der Waals surface area contributed by atoms with Gasteiger partial charge in [0.15, 0.2) is 5.75 Å². The van der Waals surface area contributed by atoms with Crippen LogP contribution in [0.1, 0.15) is 24.5 Å². The van der Waals surface area contributed by atoms with Crippen molar-refractivity contribution >= 4 is 16.9 Å². The zero-order valence-corrected chi connectivity index (χ0v) is 13.9. The Morgan fingerprint density at radius 1 is 1.42 bits per heavy atom. The molecule has 1 N–H and O–H groups in total. The number of hydrogen-bond donors (Lipinski definition) is 1. The van der Waals surface area contributed by atoms with Gasteiger partial charge in [0.2, 0.25) is 0 Å². The molecule has 26 heavy (non-hydrogen) atoms. The lowest BCUT2D eigenvalue weighted by molar-refractivity contribution is -0.141. The maximum atomic E-state index is 13.0. The minimum atomic E-state index is -4.55. The van der Waals surface area contributed by atoms with Crippen LogP contribution in [-0.2, 0) is 11.0 Å². The summed E-state index contributed by atoms with van der Waals surface area (Å²) in [5.41, 5.74) is -0.751. The second-order valence-corrected chi connectivity index (χ2v) is 6.34. The Hall–Kier alpha value is -2.66. The van der Waals surface area contributed by atoms with E-state index in [9.17, 15) is 23.2 Å². The van der Waals surface area contributed by atoms with Crippen molar-refractivity contribution in [3.63, 3.8) is 0 Å². The Bertz CT molecular complexity index is 890. The fourth-order valence-corrected chi connectivity index (χ4v) is 3.07. The number of nitrogens with zero attached hydrogens (tertiary/aromatic N) is 2. The summed E-state index contributed by atoms with van der Waals surface area (Å²) in [4.78, 5) is 16.5. The maximum absolute atomic E-state index is 13.0. The molecule has 1 aromatic heterocycles. The van der Waals surface area contributed by atoms with E-state index in [4.69, 9.17) is 4.74 Å². The van der Waals surface area contributed by atoms with Crippen LogP contribution in [0.5, 0.6) is 5.75 Å². The molecule has 0 radical (unpaired) electrons. The van der Waals surface area contributed by atoms with Crippen molar-refractivity contribution in [2.45, 2.75) is 19.5 Å². The van der Waals surface area contributed by atoms with Crippen LogP contribution in [-0.4, -0.2) is 24.0 Å². The fourth-order valence-electron chi connectivity index (χ4n) is 3.07. The number of halogens is 3. The van der Waals surface area contributed by atoms with E-state index in [0.29, 0.717) is 19.5 Å². The molecular weight excluding hydrogens is 347 g/mol. The molecule has 2 unspecified atom stereocenters. The number of nitrogens with one attached hydrogen (secondary N) is 1. The number of hydrogen-bond acceptors (Lipinski definition) is 5. The second kappa shape index (κ2) is 6.92. The van der Waals surface area contributed by atoms with Gasteiger partial charge in [0.25, 0.3) is 0 Å². The highest BCUT2D eigenvalue weighted by Crippen LogP contribution is 2.36. The first-order valence-corrected chi connectivity index (χ1v) is 8.13. The van der Waals surface area contributed by atoms with Gasteiger partial charge in [-0.1, -0.05) is 6.92 Å². The van der Waals surface area contributed by atoms with E-state index in [-0.39, 0.29) is 34.1 Å². The van der Waals surface area contributed by atoms with E-state index >= 15 is 0 Å².